The molecule has 4 nitrogen and oxygen atoms in total. The number of nitrogens with one attached hydrogen (secondary N) is 1. The van der Waals surface area contributed by atoms with Crippen molar-refractivity contribution >= 4 is 88.2 Å². The SMILES string of the molecule is CC1(C)c2ccccc2C2(c3ccccc3-c3c(Br)cccc32)c2ccccc21.CC1(C)c2ccccc2C2(c3ccccc3-c3c(N(c4ccc(-c5ccccc5)cc4)c4cccc5c4oc4ccccc45)cccc32)c2ccccc21.c1ccc(-c2ccc(Nc3cccc4c3oc3ccccc34)cc2)cc1. The number of hydrogen-bond acceptors (Lipinski definition) is 4. The summed E-state index contributed by atoms with van der Waals surface area (Å²) in [7, 11) is 0. The van der Waals surface area contributed by atoms with Crippen molar-refractivity contribution in [3.8, 4) is 44.5 Å². The maximum Gasteiger partial charge on any atom is 0.159 e. The van der Waals surface area contributed by atoms with E-state index in [2.05, 4.69) is 400 Å². The molecule has 2 heterocycles. The molecule has 18 aromatic rings. The smallest absolute Gasteiger partial charge is 0.159 e. The number of para-hydroxylation sites is 4. The lowest BCUT2D eigenvalue weighted by Crippen LogP contribution is -2.40. The first-order chi connectivity index (χ1) is 53.5. The minimum absolute atomic E-state index is 0.0395. The number of rotatable bonds is 7. The number of nitrogens with zero attached hydrogens (tertiary/aromatic N) is 1. The van der Waals surface area contributed by atoms with Gasteiger partial charge in [-0.15, -0.1) is 0 Å². The average Bonchev–Trinajstić information content (AvgIpc) is 1.57. The molecule has 0 saturated heterocycles. The zero-order chi connectivity index (χ0) is 73.2. The summed E-state index contributed by atoms with van der Waals surface area (Å²) < 4.78 is 14.0. The third-order valence-corrected chi connectivity index (χ3v) is 24.5. The van der Waals surface area contributed by atoms with Gasteiger partial charge >= 0.3 is 0 Å². The molecule has 0 unspecified atom stereocenters. The number of hydrogen-bond donors (Lipinski definition) is 1. The summed E-state index contributed by atoms with van der Waals surface area (Å²) in [5.41, 5.74) is 34.3. The zero-order valence-corrected chi connectivity index (χ0v) is 62.5. The maximum atomic E-state index is 6.77. The van der Waals surface area contributed by atoms with Crippen LogP contribution in [0.3, 0.4) is 0 Å². The minimum atomic E-state index is -0.487. The molecule has 0 bridgehead atoms. The van der Waals surface area contributed by atoms with Crippen LogP contribution in [0, 0.1) is 0 Å². The van der Waals surface area contributed by atoms with E-state index in [1.165, 1.54) is 116 Å². The topological polar surface area (TPSA) is 41.6 Å². The van der Waals surface area contributed by atoms with Crippen molar-refractivity contribution in [1.29, 1.82) is 0 Å². The molecule has 520 valence electrons. The quantitative estimate of drug-likeness (QED) is 0.173. The molecule has 0 saturated carbocycles. The molecule has 4 aliphatic rings. The van der Waals surface area contributed by atoms with Gasteiger partial charge in [-0.3, -0.25) is 0 Å². The van der Waals surface area contributed by atoms with E-state index in [-0.39, 0.29) is 16.2 Å². The zero-order valence-electron chi connectivity index (χ0n) is 60.9. The van der Waals surface area contributed by atoms with Crippen LogP contribution in [-0.2, 0) is 21.7 Å². The molecule has 4 aliphatic carbocycles. The third-order valence-electron chi connectivity index (χ3n) is 23.9. The van der Waals surface area contributed by atoms with E-state index in [0.717, 1.165) is 72.3 Å². The van der Waals surface area contributed by atoms with Gasteiger partial charge in [-0.1, -0.05) is 359 Å². The number of halogens is 1. The van der Waals surface area contributed by atoms with Gasteiger partial charge in [-0.05, 0) is 161 Å². The number of anilines is 5. The van der Waals surface area contributed by atoms with Crippen LogP contribution in [0.5, 0.6) is 0 Å². The first kappa shape index (κ1) is 65.7. The lowest BCUT2D eigenvalue weighted by molar-refractivity contribution is 0.563. The molecule has 0 atom stereocenters. The standard InChI is InChI=1S/C52H37NO.C28H21Br.C24H17NO/c1-51(2)41-22-9-11-24-43(41)52(44-25-12-10-23-42(44)51)40-21-8-6-19-39(40)49-45(52)26-15-27-46(49)53(36-32-30-35(31-33-36)34-16-4-3-5-17-34)47-28-14-20-38-37-18-7-13-29-48(37)54-50(38)47;1-27(2)20-12-5-7-14-22(20)28(23-15-8-6-13-21(23)27)19-11-4-3-10-18(19)26-24(28)16-9-17-25(26)29;1-2-7-17(8-3-1)18-13-15-19(16-14-18)25-22-11-6-10-21-20-9-4-5-12-23(20)26-24(21)22/h3-33H,1-2H3;3-17H,1-2H3;1-16,25H. The lowest BCUT2D eigenvalue weighted by atomic mass is 9.55. The van der Waals surface area contributed by atoms with Gasteiger partial charge in [-0.2, -0.15) is 0 Å². The van der Waals surface area contributed by atoms with Gasteiger partial charge in [0, 0.05) is 59.3 Å². The third kappa shape index (κ3) is 10.0. The Bertz CT molecular complexity index is 6500. The molecule has 0 amide bonds. The maximum absolute atomic E-state index is 6.77. The molecule has 5 heteroatoms. The first-order valence-electron chi connectivity index (χ1n) is 37.7. The Morgan fingerprint density at radius 2 is 0.615 bits per heavy atom. The Labute approximate surface area is 644 Å². The molecule has 0 fully saturated rings. The first-order valence-corrected chi connectivity index (χ1v) is 38.5. The normalized spacial score (nSPS) is 14.2. The Hall–Kier alpha value is -12.8. The minimum Gasteiger partial charge on any atom is -0.454 e. The fourth-order valence-electron chi connectivity index (χ4n) is 19.1. The van der Waals surface area contributed by atoms with E-state index < -0.39 is 5.41 Å². The highest BCUT2D eigenvalue weighted by Crippen LogP contribution is 2.66. The highest BCUT2D eigenvalue weighted by molar-refractivity contribution is 9.10. The van der Waals surface area contributed by atoms with Crippen molar-refractivity contribution in [3.05, 3.63) is 447 Å². The Balaban J connectivity index is 0.000000119. The van der Waals surface area contributed by atoms with E-state index in [1.807, 2.05) is 30.3 Å². The molecular formula is C104H75BrN2O2. The van der Waals surface area contributed by atoms with Crippen molar-refractivity contribution in [1.82, 2.24) is 0 Å². The molecule has 16 aromatic carbocycles. The Morgan fingerprint density at radius 3 is 1.13 bits per heavy atom. The largest absolute Gasteiger partial charge is 0.454 e. The second-order valence-electron chi connectivity index (χ2n) is 30.2. The van der Waals surface area contributed by atoms with Gasteiger partial charge in [0.25, 0.3) is 0 Å². The van der Waals surface area contributed by atoms with Crippen molar-refractivity contribution in [2.24, 2.45) is 0 Å². The molecule has 2 spiro atoms. The molecular weight excluding hydrogens is 1390 g/mol. The predicted molar refractivity (Wildman–Crippen MR) is 456 cm³/mol. The van der Waals surface area contributed by atoms with E-state index in [4.69, 9.17) is 8.83 Å². The summed E-state index contributed by atoms with van der Waals surface area (Å²) in [6.45, 7) is 9.48. The number of furan rings is 2. The second kappa shape index (κ2) is 25.7. The van der Waals surface area contributed by atoms with Crippen LogP contribution >= 0.6 is 15.9 Å². The van der Waals surface area contributed by atoms with Gasteiger partial charge in [-0.25, -0.2) is 0 Å². The van der Waals surface area contributed by atoms with E-state index in [1.54, 1.807) is 0 Å². The highest BCUT2D eigenvalue weighted by atomic mass is 79.9. The Morgan fingerprint density at radius 1 is 0.266 bits per heavy atom. The fourth-order valence-corrected chi connectivity index (χ4v) is 19.6. The molecule has 109 heavy (non-hydrogen) atoms. The Kier molecular flexibility index (Phi) is 15.5. The van der Waals surface area contributed by atoms with Crippen LogP contribution < -0.4 is 10.2 Å². The highest BCUT2D eigenvalue weighted by Gasteiger charge is 2.56. The van der Waals surface area contributed by atoms with Gasteiger partial charge in [0.2, 0.25) is 0 Å². The summed E-state index contributed by atoms with van der Waals surface area (Å²) in [5, 5.41) is 7.99. The monoisotopic (exact) mass is 1460 g/mol. The molecule has 1 N–H and O–H groups in total. The number of benzene rings is 16. The van der Waals surface area contributed by atoms with Crippen LogP contribution in [0.15, 0.2) is 389 Å². The summed E-state index contributed by atoms with van der Waals surface area (Å²) >= 11 is 3.87. The van der Waals surface area contributed by atoms with E-state index in [0.29, 0.717) is 0 Å². The van der Waals surface area contributed by atoms with Crippen LogP contribution in [0.4, 0.5) is 28.4 Å². The summed E-state index contributed by atoms with van der Waals surface area (Å²) in [6, 6.07) is 136. The van der Waals surface area contributed by atoms with Crippen LogP contribution in [-0.4, -0.2) is 0 Å². The van der Waals surface area contributed by atoms with Crippen LogP contribution in [0.25, 0.3) is 88.4 Å². The lowest BCUT2D eigenvalue weighted by Gasteiger charge is -2.46. The second-order valence-corrected chi connectivity index (χ2v) is 31.1. The van der Waals surface area contributed by atoms with E-state index >= 15 is 0 Å². The summed E-state index contributed by atoms with van der Waals surface area (Å²) in [4.78, 5) is 2.43. The molecule has 0 aliphatic heterocycles. The van der Waals surface area contributed by atoms with Gasteiger partial charge in [0.05, 0.1) is 27.9 Å². The van der Waals surface area contributed by atoms with Crippen molar-refractivity contribution < 1.29 is 8.83 Å². The molecule has 0 radical (unpaired) electrons. The average molecular weight is 1460 g/mol. The van der Waals surface area contributed by atoms with Crippen LogP contribution in [0.1, 0.15) is 94.5 Å². The summed E-state index contributed by atoms with van der Waals surface area (Å²) in [6.07, 6.45) is 0. The van der Waals surface area contributed by atoms with E-state index in [9.17, 15) is 0 Å². The van der Waals surface area contributed by atoms with Crippen molar-refractivity contribution in [3.63, 3.8) is 0 Å². The summed E-state index contributed by atoms with van der Waals surface area (Å²) in [5.74, 6) is 0. The predicted octanol–water partition coefficient (Wildman–Crippen LogP) is 28.2. The van der Waals surface area contributed by atoms with Crippen molar-refractivity contribution in [2.45, 2.75) is 49.4 Å². The number of fused-ring (bicyclic) bond motifs is 24. The fraction of sp³-hybridized carbons (Fsp3) is 0.0769. The van der Waals surface area contributed by atoms with Crippen molar-refractivity contribution in [2.75, 3.05) is 10.2 Å². The van der Waals surface area contributed by atoms with Gasteiger partial charge in [0.15, 0.2) is 11.2 Å². The van der Waals surface area contributed by atoms with Crippen LogP contribution in [0.2, 0.25) is 0 Å². The van der Waals surface area contributed by atoms with Gasteiger partial charge in [0.1, 0.15) is 11.2 Å². The molecule has 2 aromatic heterocycles. The van der Waals surface area contributed by atoms with Gasteiger partial charge < -0.3 is 19.1 Å². The molecule has 22 rings (SSSR count).